The Bertz CT molecular complexity index is 849. The molecule has 0 spiro atoms. The van der Waals surface area contributed by atoms with Crippen LogP contribution in [0.25, 0.3) is 0 Å². The molecule has 3 rings (SSSR count). The summed E-state index contributed by atoms with van der Waals surface area (Å²) in [6.45, 7) is 0. The first kappa shape index (κ1) is 19.0. The van der Waals surface area contributed by atoms with E-state index in [4.69, 9.17) is 0 Å². The second-order valence-electron chi connectivity index (χ2n) is 6.25. The first-order valence-corrected chi connectivity index (χ1v) is 8.84. The smallest absolute Gasteiger partial charge is 0.269 e. The maximum Gasteiger partial charge on any atom is 0.269 e. The summed E-state index contributed by atoms with van der Waals surface area (Å²) in [5.74, 6) is -0.501. The minimum Gasteiger partial charge on any atom is -0.288 e. The van der Waals surface area contributed by atoms with Crippen LogP contribution in [0, 0.1) is 0 Å². The Morgan fingerprint density at radius 2 is 0.893 bits per heavy atom. The summed E-state index contributed by atoms with van der Waals surface area (Å²) in [6, 6.07) is 25.6. The van der Waals surface area contributed by atoms with Gasteiger partial charge in [0.25, 0.3) is 11.8 Å². The number of carbonyl (C=O) groups excluding carboxylic acids is 2. The van der Waals surface area contributed by atoms with E-state index in [9.17, 15) is 9.59 Å². The van der Waals surface area contributed by atoms with E-state index in [0.29, 0.717) is 11.1 Å². The van der Waals surface area contributed by atoms with E-state index < -0.39 is 0 Å². The zero-order chi connectivity index (χ0) is 19.9. The molecule has 6 heteroatoms. The van der Waals surface area contributed by atoms with Gasteiger partial charge in [0.05, 0.1) is 11.4 Å². The van der Waals surface area contributed by atoms with E-state index in [0.717, 1.165) is 11.4 Å². The molecule has 3 aromatic carbocycles. The quantitative estimate of drug-likeness (QED) is 0.650. The summed E-state index contributed by atoms with van der Waals surface area (Å²) >= 11 is 0. The van der Waals surface area contributed by atoms with Gasteiger partial charge in [0.2, 0.25) is 0 Å². The molecule has 0 radical (unpaired) electrons. The highest BCUT2D eigenvalue weighted by Gasteiger charge is 2.12. The summed E-state index contributed by atoms with van der Waals surface area (Å²) in [4.78, 5) is 24.8. The molecule has 0 aliphatic heterocycles. The van der Waals surface area contributed by atoms with Crippen molar-refractivity contribution in [3.63, 3.8) is 0 Å². The lowest BCUT2D eigenvalue weighted by Crippen LogP contribution is -2.40. The molecular formula is C22H22N4O2. The molecule has 0 bridgehead atoms. The van der Waals surface area contributed by atoms with E-state index in [2.05, 4.69) is 10.9 Å². The predicted octanol–water partition coefficient (Wildman–Crippen LogP) is 3.25. The van der Waals surface area contributed by atoms with Crippen LogP contribution in [0.2, 0.25) is 0 Å². The number of hydrogen-bond acceptors (Lipinski definition) is 4. The second kappa shape index (κ2) is 8.73. The van der Waals surface area contributed by atoms with Crippen molar-refractivity contribution >= 4 is 23.2 Å². The fourth-order valence-corrected chi connectivity index (χ4v) is 2.64. The van der Waals surface area contributed by atoms with Gasteiger partial charge >= 0.3 is 0 Å². The second-order valence-corrected chi connectivity index (χ2v) is 6.25. The molecule has 3 aromatic rings. The minimum absolute atomic E-state index is 0.250. The van der Waals surface area contributed by atoms with Crippen molar-refractivity contribution in [2.45, 2.75) is 0 Å². The predicted molar refractivity (Wildman–Crippen MR) is 111 cm³/mol. The molecule has 0 unspecified atom stereocenters. The molecule has 2 amide bonds. The van der Waals surface area contributed by atoms with E-state index >= 15 is 0 Å². The van der Waals surface area contributed by atoms with Crippen molar-refractivity contribution in [3.05, 3.63) is 96.1 Å². The molecule has 0 fully saturated rings. The van der Waals surface area contributed by atoms with Crippen LogP contribution in [0.3, 0.4) is 0 Å². The molecule has 0 saturated heterocycles. The molecule has 0 aliphatic rings. The van der Waals surface area contributed by atoms with Gasteiger partial charge in [-0.05, 0) is 48.5 Å². The van der Waals surface area contributed by atoms with Crippen LogP contribution in [0.15, 0.2) is 84.9 Å². The number of nitrogens with one attached hydrogen (secondary N) is 2. The van der Waals surface area contributed by atoms with Crippen molar-refractivity contribution in [3.8, 4) is 0 Å². The van der Waals surface area contributed by atoms with Crippen LogP contribution in [-0.2, 0) is 0 Å². The SMILES string of the molecule is CN(NC(=O)c1ccc(C(=O)NN(C)c2ccccc2)cc1)c1ccccc1. The van der Waals surface area contributed by atoms with E-state index in [-0.39, 0.29) is 11.8 Å². The number of anilines is 2. The fourth-order valence-electron chi connectivity index (χ4n) is 2.64. The average molecular weight is 374 g/mol. The lowest BCUT2D eigenvalue weighted by molar-refractivity contribution is 0.0939. The molecule has 0 atom stereocenters. The highest BCUT2D eigenvalue weighted by atomic mass is 16.2. The zero-order valence-corrected chi connectivity index (χ0v) is 15.8. The number of amides is 2. The molecule has 6 nitrogen and oxygen atoms in total. The number of carbonyl (C=O) groups is 2. The Hall–Kier alpha value is -3.80. The zero-order valence-electron chi connectivity index (χ0n) is 15.8. The lowest BCUT2D eigenvalue weighted by Gasteiger charge is -2.21. The summed E-state index contributed by atoms with van der Waals surface area (Å²) in [5.41, 5.74) is 8.28. The highest BCUT2D eigenvalue weighted by Crippen LogP contribution is 2.11. The third kappa shape index (κ3) is 4.67. The number of nitrogens with zero attached hydrogens (tertiary/aromatic N) is 2. The number of para-hydroxylation sites is 2. The Balaban J connectivity index is 1.61. The number of hydrogen-bond donors (Lipinski definition) is 2. The van der Waals surface area contributed by atoms with Gasteiger partial charge in [-0.15, -0.1) is 0 Å². The van der Waals surface area contributed by atoms with Gasteiger partial charge in [-0.2, -0.15) is 0 Å². The third-order valence-electron chi connectivity index (χ3n) is 4.23. The first-order valence-electron chi connectivity index (χ1n) is 8.84. The Morgan fingerprint density at radius 3 is 1.21 bits per heavy atom. The summed E-state index contributed by atoms with van der Waals surface area (Å²) in [6.07, 6.45) is 0. The molecule has 0 heterocycles. The van der Waals surface area contributed by atoms with Gasteiger partial charge in [-0.3, -0.25) is 30.5 Å². The maximum absolute atomic E-state index is 12.4. The van der Waals surface area contributed by atoms with Gasteiger partial charge < -0.3 is 0 Å². The van der Waals surface area contributed by atoms with Gasteiger partial charge in [-0.1, -0.05) is 36.4 Å². The number of benzene rings is 3. The maximum atomic E-state index is 12.4. The van der Waals surface area contributed by atoms with E-state index in [1.54, 1.807) is 48.4 Å². The topological polar surface area (TPSA) is 64.7 Å². The minimum atomic E-state index is -0.250. The molecular weight excluding hydrogens is 352 g/mol. The van der Waals surface area contributed by atoms with Crippen LogP contribution in [0.1, 0.15) is 20.7 Å². The van der Waals surface area contributed by atoms with E-state index in [1.807, 2.05) is 60.7 Å². The van der Waals surface area contributed by atoms with Crippen molar-refractivity contribution in [1.82, 2.24) is 10.9 Å². The Morgan fingerprint density at radius 1 is 0.571 bits per heavy atom. The van der Waals surface area contributed by atoms with Gasteiger partial charge in [0.1, 0.15) is 0 Å². The highest BCUT2D eigenvalue weighted by molar-refractivity contribution is 5.98. The molecule has 142 valence electrons. The van der Waals surface area contributed by atoms with Crippen LogP contribution in [0.5, 0.6) is 0 Å². The van der Waals surface area contributed by atoms with Crippen LogP contribution < -0.4 is 20.9 Å². The number of hydrazine groups is 2. The monoisotopic (exact) mass is 374 g/mol. The van der Waals surface area contributed by atoms with Gasteiger partial charge in [-0.25, -0.2) is 0 Å². The number of rotatable bonds is 6. The van der Waals surface area contributed by atoms with Crippen LogP contribution in [0.4, 0.5) is 11.4 Å². The van der Waals surface area contributed by atoms with Gasteiger partial charge in [0.15, 0.2) is 0 Å². The molecule has 0 saturated carbocycles. The third-order valence-corrected chi connectivity index (χ3v) is 4.23. The Kier molecular flexibility index (Phi) is 5.91. The van der Waals surface area contributed by atoms with Crippen molar-refractivity contribution in [2.75, 3.05) is 24.1 Å². The van der Waals surface area contributed by atoms with Crippen LogP contribution >= 0.6 is 0 Å². The van der Waals surface area contributed by atoms with Crippen molar-refractivity contribution < 1.29 is 9.59 Å². The average Bonchev–Trinajstić information content (AvgIpc) is 2.75. The van der Waals surface area contributed by atoms with E-state index in [1.165, 1.54) is 0 Å². The largest absolute Gasteiger partial charge is 0.288 e. The molecule has 0 aromatic heterocycles. The Labute approximate surface area is 164 Å². The lowest BCUT2D eigenvalue weighted by atomic mass is 10.1. The van der Waals surface area contributed by atoms with Crippen molar-refractivity contribution in [2.24, 2.45) is 0 Å². The molecule has 2 N–H and O–H groups in total. The summed E-state index contributed by atoms with van der Waals surface area (Å²) in [5, 5.41) is 3.30. The fraction of sp³-hybridized carbons (Fsp3) is 0.0909. The van der Waals surface area contributed by atoms with Gasteiger partial charge in [0, 0.05) is 25.2 Å². The normalized spacial score (nSPS) is 10.1. The first-order chi connectivity index (χ1) is 13.5. The molecule has 28 heavy (non-hydrogen) atoms. The summed E-state index contributed by atoms with van der Waals surface area (Å²) < 4.78 is 0. The summed E-state index contributed by atoms with van der Waals surface area (Å²) in [7, 11) is 3.54. The standard InChI is InChI=1S/C22H22N4O2/c1-25(19-9-5-3-6-10-19)23-21(27)17-13-15-18(16-14-17)22(28)24-26(2)20-11-7-4-8-12-20/h3-16H,1-2H3,(H,23,27)(H,24,28). The van der Waals surface area contributed by atoms with Crippen LogP contribution in [-0.4, -0.2) is 25.9 Å². The van der Waals surface area contributed by atoms with Crippen molar-refractivity contribution in [1.29, 1.82) is 0 Å². The molecule has 0 aliphatic carbocycles.